The van der Waals surface area contributed by atoms with Crippen molar-refractivity contribution in [3.8, 4) is 0 Å². The minimum absolute atomic E-state index is 0.00829. The quantitative estimate of drug-likeness (QED) is 0.524. The number of carbonyl (C=O) groups excluding carboxylic acids is 2. The van der Waals surface area contributed by atoms with Crippen molar-refractivity contribution in [2.75, 3.05) is 0 Å². The van der Waals surface area contributed by atoms with Gasteiger partial charge in [-0.05, 0) is 69.7 Å². The average molecular weight is 435 g/mol. The lowest BCUT2D eigenvalue weighted by Crippen LogP contribution is -2.69. The van der Waals surface area contributed by atoms with E-state index < -0.39 is 30.9 Å². The molecule has 0 aromatic rings. The van der Waals surface area contributed by atoms with Crippen LogP contribution in [0.1, 0.15) is 61.3 Å². The van der Waals surface area contributed by atoms with Crippen LogP contribution in [0, 0.1) is 22.7 Å². The van der Waals surface area contributed by atoms with E-state index in [9.17, 15) is 14.7 Å². The number of ketones is 2. The van der Waals surface area contributed by atoms with Crippen molar-refractivity contribution >= 4 is 19.9 Å². The molecule has 2 saturated carbocycles. The van der Waals surface area contributed by atoms with Gasteiger partial charge in [0.2, 0.25) is 0 Å². The van der Waals surface area contributed by atoms with E-state index in [0.29, 0.717) is 12.8 Å². The number of carbonyl (C=O) groups is 2. The monoisotopic (exact) mass is 434 g/mol. The Morgan fingerprint density at radius 3 is 2.33 bits per heavy atom. The molecule has 168 valence electrons. The fourth-order valence-electron chi connectivity index (χ4n) is 6.58. The number of rotatable bonds is 2. The third-order valence-electron chi connectivity index (χ3n) is 9.70. The lowest BCUT2D eigenvalue weighted by atomic mass is 9.42. The van der Waals surface area contributed by atoms with Crippen LogP contribution in [0.5, 0.6) is 0 Å². The first kappa shape index (κ1) is 22.4. The molecule has 0 bridgehead atoms. The molecule has 8 atom stereocenters. The summed E-state index contributed by atoms with van der Waals surface area (Å²) in [5.41, 5.74) is -1.24. The highest BCUT2D eigenvalue weighted by molar-refractivity contribution is 6.74. The smallest absolute Gasteiger partial charge is 0.192 e. The predicted octanol–water partition coefficient (Wildman–Crippen LogP) is 4.05. The van der Waals surface area contributed by atoms with Gasteiger partial charge in [-0.1, -0.05) is 33.3 Å². The van der Waals surface area contributed by atoms with Gasteiger partial charge in [0.25, 0.3) is 0 Å². The molecular formula is C24H38O5Si. The highest BCUT2D eigenvalue weighted by atomic mass is 28.4. The number of aliphatic hydroxyl groups excluding tert-OH is 1. The van der Waals surface area contributed by atoms with E-state index in [1.54, 1.807) is 6.08 Å². The van der Waals surface area contributed by atoms with Gasteiger partial charge in [-0.15, -0.1) is 0 Å². The zero-order chi connectivity index (χ0) is 22.7. The summed E-state index contributed by atoms with van der Waals surface area (Å²) in [6.07, 6.45) is 1.46. The van der Waals surface area contributed by atoms with Gasteiger partial charge in [0.05, 0.1) is 17.6 Å². The predicted molar refractivity (Wildman–Crippen MR) is 118 cm³/mol. The van der Waals surface area contributed by atoms with Crippen molar-refractivity contribution in [3.05, 3.63) is 11.6 Å². The summed E-state index contributed by atoms with van der Waals surface area (Å²) < 4.78 is 12.9. The molecule has 6 heteroatoms. The molecule has 5 nitrogen and oxygen atoms in total. The number of Topliss-reactive ketones (excluding diaryl/α,β-unsaturated/α-hetero) is 1. The van der Waals surface area contributed by atoms with E-state index in [1.807, 2.05) is 27.7 Å². The van der Waals surface area contributed by atoms with Crippen molar-refractivity contribution in [2.24, 2.45) is 22.7 Å². The summed E-state index contributed by atoms with van der Waals surface area (Å²) in [6.45, 7) is 19.0. The summed E-state index contributed by atoms with van der Waals surface area (Å²) in [5.74, 6) is -0.315. The van der Waals surface area contributed by atoms with E-state index >= 15 is 0 Å². The van der Waals surface area contributed by atoms with E-state index in [0.717, 1.165) is 5.57 Å². The van der Waals surface area contributed by atoms with E-state index in [1.165, 1.54) is 0 Å². The second-order valence-corrected chi connectivity index (χ2v) is 17.1. The maximum atomic E-state index is 13.9. The molecular weight excluding hydrogens is 396 g/mol. The zero-order valence-corrected chi connectivity index (χ0v) is 21.0. The molecule has 1 heterocycles. The summed E-state index contributed by atoms with van der Waals surface area (Å²) in [7, 11) is -2.15. The molecule has 3 aliphatic carbocycles. The van der Waals surface area contributed by atoms with Gasteiger partial charge in [-0.25, -0.2) is 0 Å². The zero-order valence-electron chi connectivity index (χ0n) is 20.0. The van der Waals surface area contributed by atoms with E-state index in [4.69, 9.17) is 9.16 Å². The summed E-state index contributed by atoms with van der Waals surface area (Å²) in [4.78, 5) is 26.6. The molecule has 30 heavy (non-hydrogen) atoms. The largest absolute Gasteiger partial charge is 0.413 e. The fourth-order valence-corrected chi connectivity index (χ4v) is 7.99. The number of hydrogen-bond acceptors (Lipinski definition) is 5. The summed E-state index contributed by atoms with van der Waals surface area (Å²) >= 11 is 0. The Morgan fingerprint density at radius 2 is 1.77 bits per heavy atom. The lowest BCUT2D eigenvalue weighted by Gasteiger charge is -2.63. The Balaban J connectivity index is 1.86. The van der Waals surface area contributed by atoms with Crippen LogP contribution in [0.25, 0.3) is 0 Å². The topological polar surface area (TPSA) is 76.1 Å². The number of epoxide rings is 1. The third-order valence-corrected chi connectivity index (χ3v) is 14.2. The number of aliphatic hydroxyl groups is 1. The molecule has 0 radical (unpaired) electrons. The van der Waals surface area contributed by atoms with E-state index in [2.05, 4.69) is 33.9 Å². The maximum Gasteiger partial charge on any atom is 0.192 e. The van der Waals surface area contributed by atoms with Crippen LogP contribution >= 0.6 is 0 Å². The van der Waals surface area contributed by atoms with Gasteiger partial charge in [0.15, 0.2) is 25.5 Å². The maximum absolute atomic E-state index is 13.9. The van der Waals surface area contributed by atoms with Crippen LogP contribution in [-0.4, -0.2) is 48.9 Å². The SMILES string of the molecule is CC1=CC(=O)[C@H](O)[C@@]2(C)[C@H]1C[C@@H](O[Si](C)(C)C(C)(C)C)[C@@]1(C)C(=O)[C@@]3(C)O[C@H]3C[C@@H]12. The minimum Gasteiger partial charge on any atom is -0.413 e. The van der Waals surface area contributed by atoms with Crippen LogP contribution in [0.3, 0.4) is 0 Å². The molecule has 1 saturated heterocycles. The molecule has 0 unspecified atom stereocenters. The molecule has 4 rings (SSSR count). The van der Waals surface area contributed by atoms with Crippen LogP contribution in [0.2, 0.25) is 18.1 Å². The minimum atomic E-state index is -2.15. The highest BCUT2D eigenvalue weighted by Crippen LogP contribution is 2.68. The Hall–Kier alpha value is -0.823. The van der Waals surface area contributed by atoms with Crippen molar-refractivity contribution < 1.29 is 23.9 Å². The number of ether oxygens (including phenoxy) is 1. The van der Waals surface area contributed by atoms with Crippen LogP contribution in [-0.2, 0) is 18.8 Å². The third kappa shape index (κ3) is 2.63. The molecule has 4 aliphatic rings. The van der Waals surface area contributed by atoms with Gasteiger partial charge in [0, 0.05) is 5.41 Å². The molecule has 0 spiro atoms. The van der Waals surface area contributed by atoms with Gasteiger partial charge >= 0.3 is 0 Å². The molecule has 0 aromatic heterocycles. The van der Waals surface area contributed by atoms with Crippen molar-refractivity contribution in [1.29, 1.82) is 0 Å². The second-order valence-electron chi connectivity index (χ2n) is 12.3. The molecule has 3 fully saturated rings. The van der Waals surface area contributed by atoms with Crippen LogP contribution < -0.4 is 0 Å². The Morgan fingerprint density at radius 1 is 1.17 bits per heavy atom. The van der Waals surface area contributed by atoms with Crippen LogP contribution in [0.15, 0.2) is 11.6 Å². The van der Waals surface area contributed by atoms with Crippen molar-refractivity contribution in [1.82, 2.24) is 0 Å². The Kier molecular flexibility index (Phi) is 4.59. The number of hydrogen-bond donors (Lipinski definition) is 1. The Bertz CT molecular complexity index is 841. The first-order chi connectivity index (χ1) is 13.5. The summed E-state index contributed by atoms with van der Waals surface area (Å²) in [6, 6.07) is 0. The Labute approximate surface area is 181 Å². The molecule has 1 aliphatic heterocycles. The van der Waals surface area contributed by atoms with E-state index in [-0.39, 0.29) is 40.6 Å². The normalized spacial score (nSPS) is 48.5. The average Bonchev–Trinajstić information content (AvgIpc) is 3.28. The fraction of sp³-hybridized carbons (Fsp3) is 0.833. The molecule has 0 amide bonds. The first-order valence-corrected chi connectivity index (χ1v) is 14.2. The van der Waals surface area contributed by atoms with Crippen LogP contribution in [0.4, 0.5) is 0 Å². The molecule has 1 N–H and O–H groups in total. The van der Waals surface area contributed by atoms with Crippen molar-refractivity contribution in [3.63, 3.8) is 0 Å². The van der Waals surface area contributed by atoms with Gasteiger partial charge in [0.1, 0.15) is 6.10 Å². The van der Waals surface area contributed by atoms with Gasteiger partial charge in [-0.2, -0.15) is 0 Å². The summed E-state index contributed by atoms with van der Waals surface area (Å²) in [5, 5.41) is 11.1. The molecule has 0 aromatic carbocycles. The number of fused-ring (bicyclic) bond motifs is 4. The first-order valence-electron chi connectivity index (χ1n) is 11.3. The standard InChI is InChI=1S/C24H38O5Si/c1-13-10-15(25)19(26)22(5)14(13)11-17(29-30(8,9)21(2,3)4)23(6)16(22)12-18-24(7,28-18)20(23)27/h10,14,16-19,26H,11-12H2,1-9H3/t14-,16+,17+,18-,19-,22-,23-,24-/m0/s1. The highest BCUT2D eigenvalue weighted by Gasteiger charge is 2.76. The van der Waals surface area contributed by atoms with Gasteiger partial charge < -0.3 is 14.3 Å². The lowest BCUT2D eigenvalue weighted by molar-refractivity contribution is -0.189. The van der Waals surface area contributed by atoms with Gasteiger partial charge in [-0.3, -0.25) is 9.59 Å². The second kappa shape index (κ2) is 6.15. The number of allylic oxidation sites excluding steroid dienone is 1. The van der Waals surface area contributed by atoms with Crippen molar-refractivity contribution in [2.45, 2.75) is 103 Å².